The molecular weight excluding hydrogens is 436 g/mol. The van der Waals surface area contributed by atoms with Crippen molar-refractivity contribution in [3.8, 4) is 5.75 Å². The Kier molecular flexibility index (Phi) is 7.50. The van der Waals surface area contributed by atoms with Crippen molar-refractivity contribution in [1.82, 2.24) is 4.90 Å². The Morgan fingerprint density at radius 2 is 1.82 bits per heavy atom. The first kappa shape index (κ1) is 23.1. The molecule has 2 fully saturated rings. The van der Waals surface area contributed by atoms with Crippen molar-refractivity contribution >= 4 is 40.6 Å². The predicted molar refractivity (Wildman–Crippen MR) is 132 cm³/mol. The number of aliphatic imine (C=N–C) groups is 1. The summed E-state index contributed by atoms with van der Waals surface area (Å²) in [5.41, 5.74) is 2.96. The second-order valence-electron chi connectivity index (χ2n) is 8.24. The fraction of sp³-hybridized carbons (Fsp3) is 0.346. The number of rotatable bonds is 7. The van der Waals surface area contributed by atoms with Crippen molar-refractivity contribution in [1.29, 1.82) is 0 Å². The Morgan fingerprint density at radius 1 is 1.12 bits per heavy atom. The normalized spacial score (nSPS) is 19.4. The van der Waals surface area contributed by atoms with Gasteiger partial charge in [0.15, 0.2) is 11.8 Å². The lowest BCUT2D eigenvalue weighted by atomic mass is 9.94. The molecule has 1 N–H and O–H groups in total. The number of carbonyl (C=O) groups excluding carboxylic acids is 1. The summed E-state index contributed by atoms with van der Waals surface area (Å²) < 4.78 is 5.19. The summed E-state index contributed by atoms with van der Waals surface area (Å²) in [6, 6.07) is 15.4. The van der Waals surface area contributed by atoms with Gasteiger partial charge in [0.25, 0.3) is 5.91 Å². The van der Waals surface area contributed by atoms with E-state index in [1.165, 1.54) is 23.7 Å². The molecule has 1 amide bonds. The van der Waals surface area contributed by atoms with Gasteiger partial charge >= 0.3 is 5.97 Å². The highest BCUT2D eigenvalue weighted by Gasteiger charge is 2.38. The number of hydrogen-bond donors (Lipinski definition) is 1. The molecule has 7 heteroatoms. The summed E-state index contributed by atoms with van der Waals surface area (Å²) in [6.45, 7) is 1.74. The van der Waals surface area contributed by atoms with Crippen LogP contribution in [0, 0.1) is 0 Å². The molecule has 6 nitrogen and oxygen atoms in total. The van der Waals surface area contributed by atoms with Crippen LogP contribution in [0.1, 0.15) is 50.2 Å². The van der Waals surface area contributed by atoms with Gasteiger partial charge in [-0.1, -0.05) is 50.5 Å². The number of nitrogens with zero attached hydrogens (tertiary/aromatic N) is 2. The lowest BCUT2D eigenvalue weighted by molar-refractivity contribution is -0.139. The molecule has 1 aliphatic carbocycles. The molecule has 0 unspecified atom stereocenters. The van der Waals surface area contributed by atoms with Crippen molar-refractivity contribution < 1.29 is 19.4 Å². The van der Waals surface area contributed by atoms with Gasteiger partial charge in [-0.05, 0) is 72.5 Å². The van der Waals surface area contributed by atoms with E-state index >= 15 is 0 Å². The van der Waals surface area contributed by atoms with Crippen LogP contribution in [0.3, 0.4) is 0 Å². The first-order valence-corrected chi connectivity index (χ1v) is 12.2. The van der Waals surface area contributed by atoms with E-state index in [1.807, 2.05) is 35.2 Å². The largest absolute Gasteiger partial charge is 0.482 e. The van der Waals surface area contributed by atoms with Gasteiger partial charge in [0.2, 0.25) is 0 Å². The van der Waals surface area contributed by atoms with E-state index in [0.29, 0.717) is 10.7 Å². The van der Waals surface area contributed by atoms with Crippen LogP contribution in [0.5, 0.6) is 5.75 Å². The number of aryl methyl sites for hydroxylation is 1. The average Bonchev–Trinajstić information content (AvgIpc) is 3.14. The van der Waals surface area contributed by atoms with Gasteiger partial charge in [-0.25, -0.2) is 9.79 Å². The molecule has 1 heterocycles. The van der Waals surface area contributed by atoms with E-state index in [0.717, 1.165) is 48.5 Å². The second-order valence-corrected chi connectivity index (χ2v) is 9.25. The minimum Gasteiger partial charge on any atom is -0.482 e. The Morgan fingerprint density at radius 3 is 2.45 bits per heavy atom. The fourth-order valence-electron chi connectivity index (χ4n) is 4.10. The van der Waals surface area contributed by atoms with Crippen molar-refractivity contribution in [2.45, 2.75) is 51.5 Å². The first-order chi connectivity index (χ1) is 16.0. The van der Waals surface area contributed by atoms with Gasteiger partial charge in [0.05, 0.1) is 10.6 Å². The highest BCUT2D eigenvalue weighted by atomic mass is 32.2. The van der Waals surface area contributed by atoms with Crippen LogP contribution in [0.25, 0.3) is 6.08 Å². The van der Waals surface area contributed by atoms with Crippen LogP contribution in [-0.4, -0.2) is 39.7 Å². The van der Waals surface area contributed by atoms with Crippen LogP contribution >= 0.6 is 11.8 Å². The number of amides is 1. The number of aliphatic carboxylic acids is 1. The predicted octanol–water partition coefficient (Wildman–Crippen LogP) is 5.65. The molecule has 0 radical (unpaired) electrons. The lowest BCUT2D eigenvalue weighted by Gasteiger charge is -2.30. The summed E-state index contributed by atoms with van der Waals surface area (Å²) in [5.74, 6) is -0.540. The van der Waals surface area contributed by atoms with Crippen LogP contribution in [0.4, 0.5) is 5.69 Å². The van der Waals surface area contributed by atoms with E-state index in [-0.39, 0.29) is 18.6 Å². The van der Waals surface area contributed by atoms with Crippen LogP contribution in [0.15, 0.2) is 58.4 Å². The van der Waals surface area contributed by atoms with E-state index in [1.54, 1.807) is 12.1 Å². The average molecular weight is 465 g/mol. The van der Waals surface area contributed by atoms with E-state index in [4.69, 9.17) is 14.8 Å². The zero-order valence-electron chi connectivity index (χ0n) is 18.7. The third kappa shape index (κ3) is 5.85. The summed E-state index contributed by atoms with van der Waals surface area (Å²) in [4.78, 5) is 31.5. The Hall–Kier alpha value is -3.06. The molecule has 172 valence electrons. The molecule has 1 saturated heterocycles. The number of hydrogen-bond acceptors (Lipinski definition) is 5. The molecule has 0 aromatic heterocycles. The number of thioether (sulfide) groups is 1. The standard InChI is InChI=1S/C26H28N2O4S/c1-2-18-8-12-20(13-9-18)27-26-28(21-6-4-3-5-7-21)25(31)23(33-26)16-19-10-14-22(15-11-19)32-17-24(29)30/h8-16,21H,2-7,17H2,1H3,(H,29,30). The molecule has 4 rings (SSSR count). The first-order valence-electron chi connectivity index (χ1n) is 11.4. The van der Waals surface area contributed by atoms with Gasteiger partial charge in [0.1, 0.15) is 5.75 Å². The fourth-order valence-corrected chi connectivity index (χ4v) is 5.16. The maximum atomic E-state index is 13.4. The lowest BCUT2D eigenvalue weighted by Crippen LogP contribution is -2.40. The summed E-state index contributed by atoms with van der Waals surface area (Å²) >= 11 is 1.42. The number of carboxylic acid groups (broad SMARTS) is 1. The maximum absolute atomic E-state index is 13.4. The number of carbonyl (C=O) groups is 2. The third-order valence-electron chi connectivity index (χ3n) is 5.89. The quantitative estimate of drug-likeness (QED) is 0.536. The van der Waals surface area contributed by atoms with Gasteiger partial charge < -0.3 is 9.84 Å². The van der Waals surface area contributed by atoms with Gasteiger partial charge in [-0.15, -0.1) is 0 Å². The smallest absolute Gasteiger partial charge is 0.341 e. The van der Waals surface area contributed by atoms with Crippen LogP contribution in [0.2, 0.25) is 0 Å². The molecule has 33 heavy (non-hydrogen) atoms. The number of benzene rings is 2. The Bertz CT molecular complexity index is 1050. The summed E-state index contributed by atoms with van der Waals surface area (Å²) in [7, 11) is 0. The topological polar surface area (TPSA) is 79.2 Å². The monoisotopic (exact) mass is 464 g/mol. The van der Waals surface area contributed by atoms with E-state index in [2.05, 4.69) is 19.1 Å². The molecule has 2 aromatic rings. The number of amidine groups is 1. The van der Waals surface area contributed by atoms with Crippen molar-refractivity contribution in [2.24, 2.45) is 4.99 Å². The summed E-state index contributed by atoms with van der Waals surface area (Å²) in [5, 5.41) is 9.49. The van der Waals surface area contributed by atoms with Crippen molar-refractivity contribution in [3.05, 3.63) is 64.6 Å². The van der Waals surface area contributed by atoms with E-state index in [9.17, 15) is 9.59 Å². The van der Waals surface area contributed by atoms with Gasteiger partial charge in [-0.2, -0.15) is 0 Å². The molecule has 0 spiro atoms. The second kappa shape index (κ2) is 10.7. The summed E-state index contributed by atoms with van der Waals surface area (Å²) in [6.07, 6.45) is 8.34. The van der Waals surface area contributed by atoms with Gasteiger partial charge in [0, 0.05) is 6.04 Å². The molecule has 0 atom stereocenters. The minimum absolute atomic E-state index is 0.00188. The molecular formula is C26H28N2O4S. The van der Waals surface area contributed by atoms with Crippen LogP contribution < -0.4 is 4.74 Å². The third-order valence-corrected chi connectivity index (χ3v) is 6.87. The highest BCUT2D eigenvalue weighted by molar-refractivity contribution is 8.18. The van der Waals surface area contributed by atoms with Crippen molar-refractivity contribution in [2.75, 3.05) is 6.61 Å². The minimum atomic E-state index is -1.02. The number of carboxylic acids is 1. The molecule has 1 aliphatic heterocycles. The molecule has 0 bridgehead atoms. The SMILES string of the molecule is CCc1ccc(N=C2SC(=Cc3ccc(OCC(=O)O)cc3)C(=O)N2C2CCCCC2)cc1. The Balaban J connectivity index is 1.59. The van der Waals surface area contributed by atoms with Crippen molar-refractivity contribution in [3.63, 3.8) is 0 Å². The van der Waals surface area contributed by atoms with Gasteiger partial charge in [-0.3, -0.25) is 9.69 Å². The highest BCUT2D eigenvalue weighted by Crippen LogP contribution is 2.38. The molecule has 2 aliphatic rings. The maximum Gasteiger partial charge on any atom is 0.341 e. The van der Waals surface area contributed by atoms with E-state index < -0.39 is 5.97 Å². The zero-order valence-corrected chi connectivity index (χ0v) is 19.5. The zero-order chi connectivity index (χ0) is 23.2. The number of ether oxygens (including phenoxy) is 1. The molecule has 1 saturated carbocycles. The Labute approximate surface area is 198 Å². The molecule has 2 aromatic carbocycles. The van der Waals surface area contributed by atoms with Crippen LogP contribution in [-0.2, 0) is 16.0 Å².